The number of ketones is 1. The van der Waals surface area contributed by atoms with Crippen molar-refractivity contribution in [1.29, 1.82) is 0 Å². The Morgan fingerprint density at radius 2 is 1.83 bits per heavy atom. The zero-order valence-corrected chi connectivity index (χ0v) is 7.06. The second-order valence-electron chi connectivity index (χ2n) is 3.99. The first-order valence-electron chi connectivity index (χ1n) is 4.49. The predicted octanol–water partition coefficient (Wildman–Crippen LogP) is 0.636. The highest BCUT2D eigenvalue weighted by atomic mass is 16.2. The van der Waals surface area contributed by atoms with E-state index in [0.717, 1.165) is 19.4 Å². The Balaban J connectivity index is 2.04. The number of nitrogens with one attached hydrogen (secondary N) is 1. The Morgan fingerprint density at radius 3 is 2.33 bits per heavy atom. The first kappa shape index (κ1) is 7.77. The van der Waals surface area contributed by atoms with Gasteiger partial charge < -0.3 is 5.32 Å². The quantitative estimate of drug-likeness (QED) is 0.575. The Labute approximate surface area is 71.5 Å². The molecule has 2 fully saturated rings. The molecule has 0 aromatic carbocycles. The lowest BCUT2D eigenvalue weighted by molar-refractivity contribution is -0.124. The highest BCUT2D eigenvalue weighted by molar-refractivity contribution is 5.82. The second kappa shape index (κ2) is 2.57. The zero-order valence-electron chi connectivity index (χ0n) is 7.06. The molecule has 1 N–H and O–H groups in total. The Morgan fingerprint density at radius 1 is 1.17 bits per heavy atom. The molecule has 2 aliphatic rings. The van der Waals surface area contributed by atoms with E-state index in [-0.39, 0.29) is 11.3 Å². The fourth-order valence-corrected chi connectivity index (χ4v) is 2.16. The molecular weight excluding hydrogens is 154 g/mol. The van der Waals surface area contributed by atoms with E-state index >= 15 is 0 Å². The fourth-order valence-electron chi connectivity index (χ4n) is 2.16. The van der Waals surface area contributed by atoms with E-state index in [0.29, 0.717) is 25.0 Å². The summed E-state index contributed by atoms with van der Waals surface area (Å²) < 4.78 is 0. The maximum absolute atomic E-state index is 11.0. The lowest BCUT2D eigenvalue weighted by Crippen LogP contribution is -2.29. The summed E-state index contributed by atoms with van der Waals surface area (Å²) in [5.74, 6) is 0.518. The van der Waals surface area contributed by atoms with Crippen LogP contribution in [0.15, 0.2) is 0 Å². The van der Waals surface area contributed by atoms with Gasteiger partial charge in [0.25, 0.3) is 0 Å². The van der Waals surface area contributed by atoms with E-state index in [4.69, 9.17) is 0 Å². The Kier molecular flexibility index (Phi) is 1.67. The molecule has 3 nitrogen and oxygen atoms in total. The SMILES string of the molecule is O=C1CCC2(CC1)CNC(=O)C2. The maximum atomic E-state index is 11.0. The number of hydrogen-bond donors (Lipinski definition) is 1. The molecule has 0 aromatic rings. The monoisotopic (exact) mass is 167 g/mol. The van der Waals surface area contributed by atoms with Crippen molar-refractivity contribution in [2.24, 2.45) is 5.41 Å². The standard InChI is InChI=1S/C9H13NO2/c11-7-1-3-9(4-2-7)5-8(12)10-6-9/h1-6H2,(H,10,12). The number of carbonyl (C=O) groups is 2. The summed E-state index contributed by atoms with van der Waals surface area (Å²) in [6, 6.07) is 0. The summed E-state index contributed by atoms with van der Waals surface area (Å²) >= 11 is 0. The normalized spacial score (nSPS) is 27.7. The minimum Gasteiger partial charge on any atom is -0.356 e. The van der Waals surface area contributed by atoms with Crippen molar-refractivity contribution in [3.63, 3.8) is 0 Å². The average Bonchev–Trinajstić information content (AvgIpc) is 2.40. The minimum absolute atomic E-state index is 0.144. The maximum Gasteiger partial charge on any atom is 0.220 e. The summed E-state index contributed by atoms with van der Waals surface area (Å²) in [5, 5.41) is 2.84. The third-order valence-corrected chi connectivity index (χ3v) is 3.06. The van der Waals surface area contributed by atoms with Crippen LogP contribution in [0, 0.1) is 5.41 Å². The van der Waals surface area contributed by atoms with E-state index in [2.05, 4.69) is 5.32 Å². The van der Waals surface area contributed by atoms with Crippen LogP contribution in [-0.4, -0.2) is 18.2 Å². The molecule has 0 atom stereocenters. The molecule has 0 radical (unpaired) electrons. The predicted molar refractivity (Wildman–Crippen MR) is 43.5 cm³/mol. The second-order valence-corrected chi connectivity index (χ2v) is 3.99. The van der Waals surface area contributed by atoms with Gasteiger partial charge in [0.15, 0.2) is 0 Å². The molecule has 1 aliphatic carbocycles. The minimum atomic E-state index is 0.144. The van der Waals surface area contributed by atoms with E-state index in [1.165, 1.54) is 0 Å². The molecule has 0 unspecified atom stereocenters. The van der Waals surface area contributed by atoms with Gasteiger partial charge in [0.2, 0.25) is 5.91 Å². The van der Waals surface area contributed by atoms with Gasteiger partial charge in [-0.25, -0.2) is 0 Å². The van der Waals surface area contributed by atoms with Gasteiger partial charge in [-0.1, -0.05) is 0 Å². The van der Waals surface area contributed by atoms with Crippen molar-refractivity contribution in [2.75, 3.05) is 6.54 Å². The van der Waals surface area contributed by atoms with Crippen LogP contribution in [0.3, 0.4) is 0 Å². The van der Waals surface area contributed by atoms with Crippen molar-refractivity contribution in [2.45, 2.75) is 32.1 Å². The Hall–Kier alpha value is -0.860. The van der Waals surface area contributed by atoms with E-state index in [1.807, 2.05) is 0 Å². The van der Waals surface area contributed by atoms with Gasteiger partial charge in [0.1, 0.15) is 5.78 Å². The molecule has 2 rings (SSSR count). The molecule has 1 amide bonds. The van der Waals surface area contributed by atoms with Gasteiger partial charge >= 0.3 is 0 Å². The number of Topliss-reactive ketones (excluding diaryl/α,β-unsaturated/α-hetero) is 1. The molecule has 3 heteroatoms. The van der Waals surface area contributed by atoms with Crippen LogP contribution in [0.25, 0.3) is 0 Å². The average molecular weight is 167 g/mol. The van der Waals surface area contributed by atoms with Crippen molar-refractivity contribution >= 4 is 11.7 Å². The van der Waals surface area contributed by atoms with Crippen molar-refractivity contribution in [3.8, 4) is 0 Å². The highest BCUT2D eigenvalue weighted by Crippen LogP contribution is 2.39. The van der Waals surface area contributed by atoms with Crippen LogP contribution in [0.2, 0.25) is 0 Å². The third kappa shape index (κ3) is 1.24. The lowest BCUT2D eigenvalue weighted by atomic mass is 9.73. The fraction of sp³-hybridized carbons (Fsp3) is 0.778. The van der Waals surface area contributed by atoms with Crippen LogP contribution in [0.4, 0.5) is 0 Å². The molecule has 1 saturated heterocycles. The summed E-state index contributed by atoms with van der Waals surface area (Å²) in [6.07, 6.45) is 3.80. The van der Waals surface area contributed by atoms with Crippen LogP contribution in [0.1, 0.15) is 32.1 Å². The van der Waals surface area contributed by atoms with Gasteiger partial charge in [0.05, 0.1) is 0 Å². The number of amides is 1. The summed E-state index contributed by atoms with van der Waals surface area (Å²) in [6.45, 7) is 0.791. The lowest BCUT2D eigenvalue weighted by Gasteiger charge is -2.30. The number of carbonyl (C=O) groups excluding carboxylic acids is 2. The van der Waals surface area contributed by atoms with Crippen molar-refractivity contribution < 1.29 is 9.59 Å². The molecule has 1 spiro atoms. The summed E-state index contributed by atoms with van der Waals surface area (Å²) in [4.78, 5) is 22.0. The topological polar surface area (TPSA) is 46.2 Å². The van der Waals surface area contributed by atoms with E-state index < -0.39 is 0 Å². The zero-order chi connectivity index (χ0) is 8.60. The summed E-state index contributed by atoms with van der Waals surface area (Å²) in [7, 11) is 0. The first-order valence-corrected chi connectivity index (χ1v) is 4.49. The van der Waals surface area contributed by atoms with E-state index in [9.17, 15) is 9.59 Å². The van der Waals surface area contributed by atoms with Crippen LogP contribution in [-0.2, 0) is 9.59 Å². The highest BCUT2D eigenvalue weighted by Gasteiger charge is 2.40. The smallest absolute Gasteiger partial charge is 0.220 e. The van der Waals surface area contributed by atoms with Gasteiger partial charge in [-0.15, -0.1) is 0 Å². The largest absolute Gasteiger partial charge is 0.356 e. The molecule has 0 bridgehead atoms. The summed E-state index contributed by atoms with van der Waals surface area (Å²) in [5.41, 5.74) is 0.144. The molecular formula is C9H13NO2. The molecule has 66 valence electrons. The van der Waals surface area contributed by atoms with Crippen molar-refractivity contribution in [1.82, 2.24) is 5.32 Å². The number of rotatable bonds is 0. The first-order chi connectivity index (χ1) is 5.70. The van der Waals surface area contributed by atoms with Gasteiger partial charge in [-0.05, 0) is 18.3 Å². The molecule has 1 aliphatic heterocycles. The van der Waals surface area contributed by atoms with Crippen LogP contribution in [0.5, 0.6) is 0 Å². The van der Waals surface area contributed by atoms with Crippen LogP contribution >= 0.6 is 0 Å². The number of hydrogen-bond acceptors (Lipinski definition) is 2. The molecule has 12 heavy (non-hydrogen) atoms. The Bertz CT molecular complexity index is 225. The van der Waals surface area contributed by atoms with E-state index in [1.54, 1.807) is 0 Å². The third-order valence-electron chi connectivity index (χ3n) is 3.06. The molecule has 1 heterocycles. The van der Waals surface area contributed by atoms with Gasteiger partial charge in [-0.2, -0.15) is 0 Å². The van der Waals surface area contributed by atoms with Crippen LogP contribution < -0.4 is 5.32 Å². The molecule has 1 saturated carbocycles. The van der Waals surface area contributed by atoms with Gasteiger partial charge in [0, 0.05) is 25.8 Å². The van der Waals surface area contributed by atoms with Gasteiger partial charge in [-0.3, -0.25) is 9.59 Å². The van der Waals surface area contributed by atoms with Crippen molar-refractivity contribution in [3.05, 3.63) is 0 Å². The molecule has 0 aromatic heterocycles.